The summed E-state index contributed by atoms with van der Waals surface area (Å²) in [6.07, 6.45) is 2.15. The Kier molecular flexibility index (Phi) is 4.82. The van der Waals surface area contributed by atoms with Gasteiger partial charge in [-0.05, 0) is 55.0 Å². The van der Waals surface area contributed by atoms with Gasteiger partial charge >= 0.3 is 6.03 Å². The molecule has 4 amide bonds. The molecule has 1 heterocycles. The molecule has 0 saturated carbocycles. The fourth-order valence-corrected chi connectivity index (χ4v) is 4.22. The number of nitrogens with zero attached hydrogens (tertiary/aromatic N) is 1. The fraction of sp³-hybridized carbons (Fsp3) is 0.318. The first-order chi connectivity index (χ1) is 13.9. The maximum Gasteiger partial charge on any atom is 0.325 e. The number of halogens is 1. The van der Waals surface area contributed by atoms with Gasteiger partial charge in [0.25, 0.3) is 5.91 Å². The highest BCUT2D eigenvalue weighted by molar-refractivity contribution is 6.09. The largest absolute Gasteiger partial charge is 0.348 e. The number of imide groups is 1. The fourth-order valence-electron chi connectivity index (χ4n) is 4.22. The Labute approximate surface area is 168 Å². The minimum absolute atomic E-state index is 0.357. The Bertz CT molecular complexity index is 976. The second-order valence-electron chi connectivity index (χ2n) is 7.58. The molecule has 0 bridgehead atoms. The Morgan fingerprint density at radius 2 is 1.93 bits per heavy atom. The summed E-state index contributed by atoms with van der Waals surface area (Å²) in [5.41, 5.74) is 1.50. The molecule has 2 N–H and O–H groups in total. The summed E-state index contributed by atoms with van der Waals surface area (Å²) in [4.78, 5) is 39.3. The van der Waals surface area contributed by atoms with E-state index in [1.807, 2.05) is 24.3 Å². The number of hydrogen-bond donors (Lipinski definition) is 2. The van der Waals surface area contributed by atoms with Gasteiger partial charge in [-0.25, -0.2) is 9.18 Å². The van der Waals surface area contributed by atoms with E-state index in [0.29, 0.717) is 6.42 Å². The predicted octanol–water partition coefficient (Wildman–Crippen LogP) is 2.79. The first kappa shape index (κ1) is 19.1. The molecule has 2 atom stereocenters. The number of amides is 4. The zero-order valence-corrected chi connectivity index (χ0v) is 16.1. The Balaban J connectivity index is 1.49. The van der Waals surface area contributed by atoms with Gasteiger partial charge in [-0.2, -0.15) is 0 Å². The molecule has 1 aliphatic carbocycles. The number of nitrogens with one attached hydrogen (secondary N) is 2. The first-order valence-corrected chi connectivity index (χ1v) is 9.68. The molecule has 2 unspecified atom stereocenters. The molecule has 2 aromatic carbocycles. The van der Waals surface area contributed by atoms with E-state index in [2.05, 4.69) is 10.6 Å². The molecule has 1 saturated heterocycles. The lowest BCUT2D eigenvalue weighted by molar-refractivity contribution is -0.135. The molecule has 4 rings (SSSR count). The number of aryl methyl sites for hydroxylation is 1. The smallest absolute Gasteiger partial charge is 0.325 e. The predicted molar refractivity (Wildman–Crippen MR) is 104 cm³/mol. The van der Waals surface area contributed by atoms with Crippen molar-refractivity contribution in [1.82, 2.24) is 15.5 Å². The third kappa shape index (κ3) is 3.37. The number of carbonyl (C=O) groups excluding carboxylic acids is 3. The van der Waals surface area contributed by atoms with Gasteiger partial charge in [0.1, 0.15) is 17.9 Å². The van der Waals surface area contributed by atoms with Crippen molar-refractivity contribution < 1.29 is 18.8 Å². The van der Waals surface area contributed by atoms with Crippen molar-refractivity contribution in [1.29, 1.82) is 0 Å². The molecule has 0 aromatic heterocycles. The van der Waals surface area contributed by atoms with E-state index in [4.69, 9.17) is 0 Å². The second-order valence-corrected chi connectivity index (χ2v) is 7.58. The van der Waals surface area contributed by atoms with Crippen LogP contribution in [0.2, 0.25) is 0 Å². The van der Waals surface area contributed by atoms with Crippen LogP contribution >= 0.6 is 0 Å². The molecule has 29 heavy (non-hydrogen) atoms. The van der Waals surface area contributed by atoms with Crippen LogP contribution in [0.25, 0.3) is 0 Å². The van der Waals surface area contributed by atoms with E-state index < -0.39 is 17.5 Å². The van der Waals surface area contributed by atoms with Crippen LogP contribution in [0.5, 0.6) is 0 Å². The summed E-state index contributed by atoms with van der Waals surface area (Å²) in [6, 6.07) is 12.5. The van der Waals surface area contributed by atoms with E-state index in [1.165, 1.54) is 12.1 Å². The van der Waals surface area contributed by atoms with Gasteiger partial charge in [-0.15, -0.1) is 0 Å². The van der Waals surface area contributed by atoms with Crippen molar-refractivity contribution in [2.75, 3.05) is 6.54 Å². The van der Waals surface area contributed by atoms with Crippen LogP contribution in [0.4, 0.5) is 9.18 Å². The maximum absolute atomic E-state index is 13.2. The normalized spacial score (nSPS) is 21.7. The van der Waals surface area contributed by atoms with Crippen LogP contribution in [-0.2, 0) is 21.5 Å². The van der Waals surface area contributed by atoms with Gasteiger partial charge < -0.3 is 10.6 Å². The molecule has 6 nitrogen and oxygen atoms in total. The van der Waals surface area contributed by atoms with Crippen molar-refractivity contribution >= 4 is 17.8 Å². The van der Waals surface area contributed by atoms with E-state index in [0.717, 1.165) is 34.4 Å². The van der Waals surface area contributed by atoms with Crippen LogP contribution in [-0.4, -0.2) is 29.3 Å². The standard InChI is InChI=1S/C22H22FN3O3/c1-14(15-8-10-17(23)11-9-15)24-19(27)13-26-20(28)22(25-21(26)29)12-4-6-16-5-2-3-7-18(16)22/h2-3,5,7-11,14H,4,6,12-13H2,1H3,(H,24,27)(H,25,29). The number of fused-ring (bicyclic) bond motifs is 2. The zero-order valence-electron chi connectivity index (χ0n) is 16.1. The van der Waals surface area contributed by atoms with Crippen LogP contribution in [0.3, 0.4) is 0 Å². The minimum Gasteiger partial charge on any atom is -0.348 e. The Morgan fingerprint density at radius 1 is 1.21 bits per heavy atom. The maximum atomic E-state index is 13.2. The Hall–Kier alpha value is -3.22. The van der Waals surface area contributed by atoms with Crippen molar-refractivity contribution in [2.45, 2.75) is 37.8 Å². The van der Waals surface area contributed by atoms with Crippen molar-refractivity contribution in [3.05, 3.63) is 71.0 Å². The third-order valence-corrected chi connectivity index (χ3v) is 5.70. The van der Waals surface area contributed by atoms with Crippen molar-refractivity contribution in [2.24, 2.45) is 0 Å². The summed E-state index contributed by atoms with van der Waals surface area (Å²) in [5.74, 6) is -1.20. The zero-order chi connectivity index (χ0) is 20.6. The SMILES string of the molecule is CC(NC(=O)CN1C(=O)NC2(CCCc3ccccc32)C1=O)c1ccc(F)cc1. The van der Waals surface area contributed by atoms with Crippen LogP contribution in [0, 0.1) is 5.82 Å². The quantitative estimate of drug-likeness (QED) is 0.782. The van der Waals surface area contributed by atoms with Crippen LogP contribution in [0.1, 0.15) is 42.5 Å². The molecule has 1 aliphatic heterocycles. The average molecular weight is 395 g/mol. The molecule has 0 radical (unpaired) electrons. The van der Waals surface area contributed by atoms with E-state index in [9.17, 15) is 18.8 Å². The molecule has 2 aliphatic rings. The first-order valence-electron chi connectivity index (χ1n) is 9.68. The monoisotopic (exact) mass is 395 g/mol. The highest BCUT2D eigenvalue weighted by atomic mass is 19.1. The third-order valence-electron chi connectivity index (χ3n) is 5.70. The van der Waals surface area contributed by atoms with Crippen LogP contribution in [0.15, 0.2) is 48.5 Å². The highest BCUT2D eigenvalue weighted by Crippen LogP contribution is 2.39. The molecule has 2 aromatic rings. The molecular formula is C22H22FN3O3. The molecule has 1 spiro atoms. The van der Waals surface area contributed by atoms with E-state index >= 15 is 0 Å². The van der Waals surface area contributed by atoms with E-state index in [-0.39, 0.29) is 24.3 Å². The summed E-state index contributed by atoms with van der Waals surface area (Å²) in [7, 11) is 0. The number of benzene rings is 2. The molecule has 1 fully saturated rings. The van der Waals surface area contributed by atoms with Gasteiger partial charge in [0.05, 0.1) is 6.04 Å². The van der Waals surface area contributed by atoms with Gasteiger partial charge in [-0.1, -0.05) is 36.4 Å². The molecule has 150 valence electrons. The number of hydrogen-bond acceptors (Lipinski definition) is 3. The lowest BCUT2D eigenvalue weighted by atomic mass is 9.76. The van der Waals surface area contributed by atoms with Gasteiger partial charge in [0, 0.05) is 0 Å². The topological polar surface area (TPSA) is 78.5 Å². The van der Waals surface area contributed by atoms with Crippen molar-refractivity contribution in [3.63, 3.8) is 0 Å². The van der Waals surface area contributed by atoms with Gasteiger partial charge in [-0.3, -0.25) is 14.5 Å². The minimum atomic E-state index is -1.09. The average Bonchev–Trinajstić information content (AvgIpc) is 2.93. The number of urea groups is 1. The van der Waals surface area contributed by atoms with Crippen molar-refractivity contribution in [3.8, 4) is 0 Å². The number of rotatable bonds is 4. The molecular weight excluding hydrogens is 373 g/mol. The number of carbonyl (C=O) groups is 3. The van der Waals surface area contributed by atoms with E-state index in [1.54, 1.807) is 19.1 Å². The second kappa shape index (κ2) is 7.31. The summed E-state index contributed by atoms with van der Waals surface area (Å²) in [5, 5.41) is 5.60. The lowest BCUT2D eigenvalue weighted by Crippen LogP contribution is -2.47. The molecule has 7 heteroatoms. The summed E-state index contributed by atoms with van der Waals surface area (Å²) in [6.45, 7) is 1.40. The van der Waals surface area contributed by atoms with Gasteiger partial charge in [0.15, 0.2) is 0 Å². The van der Waals surface area contributed by atoms with Gasteiger partial charge in [0.2, 0.25) is 5.91 Å². The lowest BCUT2D eigenvalue weighted by Gasteiger charge is -2.33. The highest BCUT2D eigenvalue weighted by Gasteiger charge is 2.54. The Morgan fingerprint density at radius 3 is 2.69 bits per heavy atom. The summed E-state index contributed by atoms with van der Waals surface area (Å²) < 4.78 is 13.1. The summed E-state index contributed by atoms with van der Waals surface area (Å²) >= 11 is 0. The van der Waals surface area contributed by atoms with Crippen LogP contribution < -0.4 is 10.6 Å².